The lowest BCUT2D eigenvalue weighted by molar-refractivity contribution is -0.120. The molecule has 0 atom stereocenters. The number of nitrogens with zero attached hydrogens (tertiary/aromatic N) is 3. The molecule has 1 aliphatic rings. The molecule has 2 N–H and O–H groups in total. The Labute approximate surface area is 201 Å². The summed E-state index contributed by atoms with van der Waals surface area (Å²) in [4.78, 5) is 27.7. The molecule has 1 aliphatic heterocycles. The van der Waals surface area contributed by atoms with Crippen LogP contribution in [0.3, 0.4) is 0 Å². The third-order valence-electron chi connectivity index (χ3n) is 6.26. The number of hydrogen-bond donors (Lipinski definition) is 2. The van der Waals surface area contributed by atoms with Crippen LogP contribution in [0.15, 0.2) is 54.6 Å². The molecule has 0 saturated carbocycles. The Kier molecular flexibility index (Phi) is 7.01. The summed E-state index contributed by atoms with van der Waals surface area (Å²) in [5, 5.41) is 10.9. The van der Waals surface area contributed by atoms with E-state index in [4.69, 9.17) is 5.10 Å². The molecule has 1 saturated heterocycles. The van der Waals surface area contributed by atoms with E-state index in [1.165, 1.54) is 0 Å². The minimum Gasteiger partial charge on any atom is -0.355 e. The van der Waals surface area contributed by atoms with Crippen molar-refractivity contribution in [2.24, 2.45) is 11.8 Å². The maximum absolute atomic E-state index is 12.9. The average molecular weight is 460 g/mol. The van der Waals surface area contributed by atoms with Crippen LogP contribution >= 0.6 is 0 Å². The number of rotatable bonds is 6. The molecule has 0 spiro atoms. The summed E-state index contributed by atoms with van der Waals surface area (Å²) in [6.07, 6.45) is 1.46. The van der Waals surface area contributed by atoms with E-state index in [1.807, 2.05) is 87.0 Å². The van der Waals surface area contributed by atoms with Crippen LogP contribution in [-0.2, 0) is 9.59 Å². The highest BCUT2D eigenvalue weighted by atomic mass is 16.2. The second kappa shape index (κ2) is 10.1. The zero-order valence-corrected chi connectivity index (χ0v) is 20.3. The molecule has 0 bridgehead atoms. The number of nitrogens with one attached hydrogen (secondary N) is 2. The monoisotopic (exact) mass is 459 g/mol. The highest BCUT2D eigenvalue weighted by Crippen LogP contribution is 2.35. The highest BCUT2D eigenvalue weighted by molar-refractivity contribution is 5.96. The van der Waals surface area contributed by atoms with Crippen molar-refractivity contribution in [1.82, 2.24) is 9.78 Å². The summed E-state index contributed by atoms with van der Waals surface area (Å²) in [7, 11) is 0. The number of para-hydroxylation sites is 1. The molecule has 2 amide bonds. The number of amides is 2. The number of carbonyl (C=O) groups is 2. The third kappa shape index (κ3) is 5.14. The van der Waals surface area contributed by atoms with Gasteiger partial charge >= 0.3 is 0 Å². The van der Waals surface area contributed by atoms with E-state index >= 15 is 0 Å². The van der Waals surface area contributed by atoms with Crippen molar-refractivity contribution >= 4 is 29.0 Å². The Balaban J connectivity index is 1.55. The fourth-order valence-electron chi connectivity index (χ4n) is 4.29. The number of aromatic nitrogens is 2. The van der Waals surface area contributed by atoms with Gasteiger partial charge in [0, 0.05) is 30.6 Å². The van der Waals surface area contributed by atoms with Gasteiger partial charge in [-0.15, -0.1) is 0 Å². The Morgan fingerprint density at radius 2 is 1.68 bits per heavy atom. The number of anilines is 3. The van der Waals surface area contributed by atoms with Crippen molar-refractivity contribution in [2.75, 3.05) is 28.6 Å². The van der Waals surface area contributed by atoms with Crippen molar-refractivity contribution in [3.05, 3.63) is 65.9 Å². The Bertz CT molecular complexity index is 1160. The fourth-order valence-corrected chi connectivity index (χ4v) is 4.29. The van der Waals surface area contributed by atoms with Gasteiger partial charge < -0.3 is 15.5 Å². The standard InChI is InChI=1S/C27H33N5O2/c1-18(2)25(33)29-24-20(4)30-32(23-11-6-5-7-12-23)27(24)31-15-13-21(14-16-31)26(34)28-22-10-8-9-19(3)17-22/h5-12,17-18,21H,13-16H2,1-4H3,(H,28,34)(H,29,33). The molecule has 34 heavy (non-hydrogen) atoms. The smallest absolute Gasteiger partial charge is 0.227 e. The van der Waals surface area contributed by atoms with Gasteiger partial charge in [0.1, 0.15) is 5.69 Å². The fraction of sp³-hybridized carbons (Fsp3) is 0.370. The Hall–Kier alpha value is -3.61. The molecule has 3 aromatic rings. The van der Waals surface area contributed by atoms with Crippen molar-refractivity contribution in [3.8, 4) is 5.69 Å². The molecule has 0 aliphatic carbocycles. The highest BCUT2D eigenvalue weighted by Gasteiger charge is 2.30. The van der Waals surface area contributed by atoms with Crippen molar-refractivity contribution < 1.29 is 9.59 Å². The molecule has 0 unspecified atom stereocenters. The van der Waals surface area contributed by atoms with Gasteiger partial charge in [-0.2, -0.15) is 5.10 Å². The molecule has 2 heterocycles. The zero-order chi connectivity index (χ0) is 24.2. The van der Waals surface area contributed by atoms with Crippen molar-refractivity contribution in [2.45, 2.75) is 40.5 Å². The first-order chi connectivity index (χ1) is 16.3. The van der Waals surface area contributed by atoms with E-state index in [2.05, 4.69) is 15.5 Å². The number of hydrogen-bond acceptors (Lipinski definition) is 4. The average Bonchev–Trinajstić information content (AvgIpc) is 3.15. The molecule has 0 radical (unpaired) electrons. The summed E-state index contributed by atoms with van der Waals surface area (Å²) in [6, 6.07) is 17.8. The molecule has 7 heteroatoms. The maximum atomic E-state index is 12.9. The first-order valence-electron chi connectivity index (χ1n) is 11.9. The van der Waals surface area contributed by atoms with E-state index in [0.29, 0.717) is 13.1 Å². The van der Waals surface area contributed by atoms with Gasteiger partial charge in [-0.3, -0.25) is 9.59 Å². The Morgan fingerprint density at radius 3 is 2.32 bits per heavy atom. The molecular formula is C27H33N5O2. The second-order valence-electron chi connectivity index (χ2n) is 9.30. The molecule has 1 fully saturated rings. The summed E-state index contributed by atoms with van der Waals surface area (Å²) in [6.45, 7) is 9.10. The molecule has 7 nitrogen and oxygen atoms in total. The van der Waals surface area contributed by atoms with E-state index in [0.717, 1.165) is 47.0 Å². The molecule has 2 aromatic carbocycles. The van der Waals surface area contributed by atoms with Gasteiger partial charge in [0.25, 0.3) is 0 Å². The lowest BCUT2D eigenvalue weighted by Crippen LogP contribution is -2.39. The quantitative estimate of drug-likeness (QED) is 0.547. The molecule has 1 aromatic heterocycles. The third-order valence-corrected chi connectivity index (χ3v) is 6.26. The maximum Gasteiger partial charge on any atom is 0.227 e. The van der Waals surface area contributed by atoms with Crippen LogP contribution in [0, 0.1) is 25.7 Å². The number of benzene rings is 2. The van der Waals surface area contributed by atoms with Crippen LogP contribution < -0.4 is 15.5 Å². The minimum absolute atomic E-state index is 0.0376. The molecule has 4 rings (SSSR count). The minimum atomic E-state index is -0.136. The van der Waals surface area contributed by atoms with Crippen LogP contribution in [-0.4, -0.2) is 34.7 Å². The predicted molar refractivity (Wildman–Crippen MR) is 137 cm³/mol. The van der Waals surface area contributed by atoms with Gasteiger partial charge in [0.15, 0.2) is 5.82 Å². The van der Waals surface area contributed by atoms with Gasteiger partial charge in [0.05, 0.1) is 11.4 Å². The number of carbonyl (C=O) groups excluding carboxylic acids is 2. The lowest BCUT2D eigenvalue weighted by Gasteiger charge is -2.33. The van der Waals surface area contributed by atoms with E-state index in [9.17, 15) is 9.59 Å². The lowest BCUT2D eigenvalue weighted by atomic mass is 9.95. The zero-order valence-electron chi connectivity index (χ0n) is 20.3. The topological polar surface area (TPSA) is 79.3 Å². The second-order valence-corrected chi connectivity index (χ2v) is 9.30. The van der Waals surface area contributed by atoms with Crippen LogP contribution in [0.25, 0.3) is 5.69 Å². The van der Waals surface area contributed by atoms with Crippen LogP contribution in [0.4, 0.5) is 17.2 Å². The first-order valence-corrected chi connectivity index (χ1v) is 11.9. The first kappa shape index (κ1) is 23.5. The largest absolute Gasteiger partial charge is 0.355 e. The summed E-state index contributed by atoms with van der Waals surface area (Å²) < 4.78 is 1.90. The Morgan fingerprint density at radius 1 is 0.971 bits per heavy atom. The summed E-state index contributed by atoms with van der Waals surface area (Å²) in [5.41, 5.74) is 4.40. The summed E-state index contributed by atoms with van der Waals surface area (Å²) >= 11 is 0. The molecule has 178 valence electrons. The van der Waals surface area contributed by atoms with E-state index < -0.39 is 0 Å². The SMILES string of the molecule is Cc1cccc(NC(=O)C2CCN(c3c(NC(=O)C(C)C)c(C)nn3-c3ccccc3)CC2)c1. The van der Waals surface area contributed by atoms with Gasteiger partial charge in [-0.05, 0) is 56.5 Å². The number of piperidine rings is 1. The van der Waals surface area contributed by atoms with Gasteiger partial charge in [-0.25, -0.2) is 4.68 Å². The van der Waals surface area contributed by atoms with Crippen molar-refractivity contribution in [1.29, 1.82) is 0 Å². The van der Waals surface area contributed by atoms with Crippen LogP contribution in [0.5, 0.6) is 0 Å². The van der Waals surface area contributed by atoms with E-state index in [-0.39, 0.29) is 23.7 Å². The van der Waals surface area contributed by atoms with Crippen molar-refractivity contribution in [3.63, 3.8) is 0 Å². The normalized spacial score (nSPS) is 14.3. The van der Waals surface area contributed by atoms with Crippen LogP contribution in [0.1, 0.15) is 37.9 Å². The summed E-state index contributed by atoms with van der Waals surface area (Å²) in [5.74, 6) is 0.703. The predicted octanol–water partition coefficient (Wildman–Crippen LogP) is 4.94. The van der Waals surface area contributed by atoms with Gasteiger partial charge in [0.2, 0.25) is 11.8 Å². The number of aryl methyl sites for hydroxylation is 2. The van der Waals surface area contributed by atoms with E-state index in [1.54, 1.807) is 0 Å². The van der Waals surface area contributed by atoms with Crippen LogP contribution in [0.2, 0.25) is 0 Å². The van der Waals surface area contributed by atoms with Gasteiger partial charge in [-0.1, -0.05) is 44.2 Å². The molecular weight excluding hydrogens is 426 g/mol.